The van der Waals surface area contributed by atoms with Gasteiger partial charge in [-0.25, -0.2) is 14.6 Å². The molecule has 0 aromatic carbocycles. The molecule has 0 unspecified atom stereocenters. The van der Waals surface area contributed by atoms with Crippen LogP contribution in [0, 0.1) is 0 Å². The molecule has 0 bridgehead atoms. The lowest BCUT2D eigenvalue weighted by atomic mass is 10.3. The average Bonchev–Trinajstić information content (AvgIpc) is 2.29. The third kappa shape index (κ3) is 4.07. The number of nitrogens with zero attached hydrogens (tertiary/aromatic N) is 1. The van der Waals surface area contributed by atoms with E-state index >= 15 is 0 Å². The van der Waals surface area contributed by atoms with Crippen molar-refractivity contribution in [2.45, 2.75) is 24.7 Å². The second-order valence-corrected chi connectivity index (χ2v) is 4.55. The number of aromatic carboxylic acids is 2. The Labute approximate surface area is 103 Å². The van der Waals surface area contributed by atoms with E-state index in [9.17, 15) is 9.59 Å². The van der Waals surface area contributed by atoms with Crippen LogP contribution in [0.15, 0.2) is 17.0 Å². The molecule has 0 radical (unpaired) electrons. The van der Waals surface area contributed by atoms with Crippen molar-refractivity contribution < 1.29 is 19.8 Å². The molecular weight excluding hydrogens is 242 g/mol. The number of carboxylic acid groups (broad SMARTS) is 2. The molecule has 0 aliphatic carbocycles. The van der Waals surface area contributed by atoms with Crippen LogP contribution >= 0.6 is 11.8 Å². The van der Waals surface area contributed by atoms with Crippen LogP contribution in [0.2, 0.25) is 0 Å². The van der Waals surface area contributed by atoms with Gasteiger partial charge in [-0.1, -0.05) is 13.3 Å². The summed E-state index contributed by atoms with van der Waals surface area (Å²) < 4.78 is 0. The van der Waals surface area contributed by atoms with Gasteiger partial charge in [0.2, 0.25) is 0 Å². The lowest BCUT2D eigenvalue weighted by molar-refractivity contribution is 0.0684. The van der Waals surface area contributed by atoms with E-state index in [1.165, 1.54) is 23.9 Å². The number of unbranched alkanes of at least 4 members (excludes halogenated alkanes) is 1. The highest BCUT2D eigenvalue weighted by Crippen LogP contribution is 2.21. The minimum atomic E-state index is -1.22. The molecule has 0 saturated carbocycles. The van der Waals surface area contributed by atoms with Crippen molar-refractivity contribution in [2.75, 3.05) is 5.75 Å². The Balaban J connectivity index is 2.95. The first-order chi connectivity index (χ1) is 8.04. The third-order valence-electron chi connectivity index (χ3n) is 2.00. The van der Waals surface area contributed by atoms with Gasteiger partial charge in [0.1, 0.15) is 11.4 Å². The fraction of sp³-hybridized carbons (Fsp3) is 0.364. The maximum Gasteiger partial charge on any atom is 0.354 e. The minimum absolute atomic E-state index is 0.233. The molecule has 1 rings (SSSR count). The molecule has 0 atom stereocenters. The first-order valence-corrected chi connectivity index (χ1v) is 6.14. The van der Waals surface area contributed by atoms with Crippen LogP contribution in [-0.4, -0.2) is 32.9 Å². The predicted molar refractivity (Wildman–Crippen MR) is 63.8 cm³/mol. The monoisotopic (exact) mass is 255 g/mol. The van der Waals surface area contributed by atoms with Crippen LogP contribution in [0.5, 0.6) is 0 Å². The van der Waals surface area contributed by atoms with Crippen molar-refractivity contribution in [3.8, 4) is 0 Å². The van der Waals surface area contributed by atoms with Crippen molar-refractivity contribution in [3.63, 3.8) is 0 Å². The highest BCUT2D eigenvalue weighted by molar-refractivity contribution is 7.99. The zero-order chi connectivity index (χ0) is 12.8. The quantitative estimate of drug-likeness (QED) is 0.599. The number of carboxylic acids is 2. The van der Waals surface area contributed by atoms with Crippen LogP contribution in [-0.2, 0) is 0 Å². The van der Waals surface area contributed by atoms with E-state index in [0.717, 1.165) is 18.6 Å². The highest BCUT2D eigenvalue weighted by atomic mass is 32.2. The summed E-state index contributed by atoms with van der Waals surface area (Å²) in [7, 11) is 0. The summed E-state index contributed by atoms with van der Waals surface area (Å²) in [4.78, 5) is 25.8. The Morgan fingerprint density at radius 3 is 2.18 bits per heavy atom. The van der Waals surface area contributed by atoms with E-state index in [2.05, 4.69) is 11.9 Å². The smallest absolute Gasteiger partial charge is 0.354 e. The molecule has 1 aromatic heterocycles. The molecule has 0 saturated heterocycles. The van der Waals surface area contributed by atoms with Crippen LogP contribution in [0.25, 0.3) is 0 Å². The number of carbonyl (C=O) groups is 2. The normalized spacial score (nSPS) is 10.2. The largest absolute Gasteiger partial charge is 0.477 e. The van der Waals surface area contributed by atoms with Gasteiger partial charge in [-0.3, -0.25) is 0 Å². The zero-order valence-corrected chi connectivity index (χ0v) is 10.2. The van der Waals surface area contributed by atoms with Crippen LogP contribution in [0.1, 0.15) is 40.7 Å². The van der Waals surface area contributed by atoms with Gasteiger partial charge in [0.25, 0.3) is 0 Å². The lowest BCUT2D eigenvalue weighted by Gasteiger charge is -2.03. The van der Waals surface area contributed by atoms with Crippen molar-refractivity contribution in [2.24, 2.45) is 0 Å². The van der Waals surface area contributed by atoms with E-state index < -0.39 is 11.9 Å². The standard InChI is InChI=1S/C11H13NO4S/c1-2-3-4-17-7-5-8(10(13)14)12-9(6-7)11(15)16/h5-6H,2-4H2,1H3,(H,13,14)(H,15,16). The topological polar surface area (TPSA) is 87.5 Å². The van der Waals surface area contributed by atoms with Gasteiger partial charge in [-0.15, -0.1) is 11.8 Å². The summed E-state index contributed by atoms with van der Waals surface area (Å²) in [6.07, 6.45) is 2.04. The molecule has 0 aliphatic rings. The zero-order valence-electron chi connectivity index (χ0n) is 9.34. The highest BCUT2D eigenvalue weighted by Gasteiger charge is 2.13. The number of hydrogen-bond acceptors (Lipinski definition) is 4. The maximum absolute atomic E-state index is 10.8. The van der Waals surface area contributed by atoms with E-state index in [1.54, 1.807) is 0 Å². The summed E-state index contributed by atoms with van der Waals surface area (Å²) in [6.45, 7) is 2.05. The summed E-state index contributed by atoms with van der Waals surface area (Å²) in [6, 6.07) is 2.80. The summed E-state index contributed by atoms with van der Waals surface area (Å²) >= 11 is 1.44. The first-order valence-electron chi connectivity index (χ1n) is 5.16. The molecule has 1 aromatic rings. The second kappa shape index (κ2) is 6.24. The van der Waals surface area contributed by atoms with Crippen LogP contribution < -0.4 is 0 Å². The number of rotatable bonds is 6. The van der Waals surface area contributed by atoms with Crippen LogP contribution in [0.4, 0.5) is 0 Å². The molecule has 5 nitrogen and oxygen atoms in total. The van der Waals surface area contributed by atoms with Gasteiger partial charge in [-0.2, -0.15) is 0 Å². The van der Waals surface area contributed by atoms with Crippen molar-refractivity contribution in [3.05, 3.63) is 23.5 Å². The first kappa shape index (κ1) is 13.5. The number of hydrogen-bond donors (Lipinski definition) is 2. The molecular formula is C11H13NO4S. The summed E-state index contributed by atoms with van der Waals surface area (Å²) in [5, 5.41) is 17.6. The summed E-state index contributed by atoms with van der Waals surface area (Å²) in [5.41, 5.74) is -0.465. The van der Waals surface area contributed by atoms with Gasteiger partial charge in [0.05, 0.1) is 0 Å². The minimum Gasteiger partial charge on any atom is -0.477 e. The van der Waals surface area contributed by atoms with Gasteiger partial charge in [-0.05, 0) is 24.3 Å². The molecule has 92 valence electrons. The van der Waals surface area contributed by atoms with Gasteiger partial charge in [0.15, 0.2) is 0 Å². The van der Waals surface area contributed by atoms with Crippen molar-refractivity contribution in [1.29, 1.82) is 0 Å². The molecule has 17 heavy (non-hydrogen) atoms. The van der Waals surface area contributed by atoms with E-state index in [1.807, 2.05) is 0 Å². The lowest BCUT2D eigenvalue weighted by Crippen LogP contribution is -2.07. The SMILES string of the molecule is CCCCSc1cc(C(=O)O)nc(C(=O)O)c1. The van der Waals surface area contributed by atoms with Gasteiger partial charge >= 0.3 is 11.9 Å². The van der Waals surface area contributed by atoms with Gasteiger partial charge in [0, 0.05) is 4.90 Å². The summed E-state index contributed by atoms with van der Waals surface area (Å²) in [5.74, 6) is -1.60. The molecule has 2 N–H and O–H groups in total. The fourth-order valence-electron chi connectivity index (χ4n) is 1.14. The average molecular weight is 255 g/mol. The Hall–Kier alpha value is -1.56. The third-order valence-corrected chi connectivity index (χ3v) is 3.07. The van der Waals surface area contributed by atoms with E-state index in [-0.39, 0.29) is 11.4 Å². The Morgan fingerprint density at radius 1 is 1.24 bits per heavy atom. The molecule has 0 spiro atoms. The predicted octanol–water partition coefficient (Wildman–Crippen LogP) is 2.37. The maximum atomic E-state index is 10.8. The van der Waals surface area contributed by atoms with Crippen molar-refractivity contribution in [1.82, 2.24) is 4.98 Å². The van der Waals surface area contributed by atoms with E-state index in [4.69, 9.17) is 10.2 Å². The molecule has 0 amide bonds. The molecule has 0 aliphatic heterocycles. The number of thioether (sulfide) groups is 1. The van der Waals surface area contributed by atoms with E-state index in [0.29, 0.717) is 4.90 Å². The number of pyridine rings is 1. The Morgan fingerprint density at radius 2 is 1.76 bits per heavy atom. The fourth-order valence-corrected chi connectivity index (χ4v) is 2.20. The molecule has 6 heteroatoms. The van der Waals surface area contributed by atoms with Crippen molar-refractivity contribution >= 4 is 23.7 Å². The molecule has 0 fully saturated rings. The Bertz CT molecular complexity index is 401. The van der Waals surface area contributed by atoms with Gasteiger partial charge < -0.3 is 10.2 Å². The molecule has 1 heterocycles. The Kier molecular flexibility index (Phi) is 4.96. The number of aromatic nitrogens is 1. The van der Waals surface area contributed by atoms with Crippen LogP contribution in [0.3, 0.4) is 0 Å². The second-order valence-electron chi connectivity index (χ2n) is 3.39.